The van der Waals surface area contributed by atoms with E-state index in [4.69, 9.17) is 5.11 Å². The topological polar surface area (TPSA) is 52.6 Å². The van der Waals surface area contributed by atoms with Crippen LogP contribution in [0.3, 0.4) is 0 Å². The number of aliphatic hydroxyl groups is 1. The Bertz CT molecular complexity index is 203. The first-order chi connectivity index (χ1) is 7.74. The van der Waals surface area contributed by atoms with E-state index in [1.54, 1.807) is 7.05 Å². The van der Waals surface area contributed by atoms with Crippen LogP contribution >= 0.6 is 0 Å². The molecule has 1 aliphatic rings. The van der Waals surface area contributed by atoms with E-state index in [1.807, 2.05) is 0 Å². The molecular formula is C12H24N2O2. The molecule has 94 valence electrons. The monoisotopic (exact) mass is 228 g/mol. The van der Waals surface area contributed by atoms with Crippen LogP contribution in [0.1, 0.15) is 38.5 Å². The Morgan fingerprint density at radius 1 is 1.38 bits per heavy atom. The van der Waals surface area contributed by atoms with Crippen molar-refractivity contribution < 1.29 is 9.90 Å². The van der Waals surface area contributed by atoms with Crippen molar-refractivity contribution in [1.82, 2.24) is 10.2 Å². The van der Waals surface area contributed by atoms with Crippen molar-refractivity contribution in [3.63, 3.8) is 0 Å². The fourth-order valence-corrected chi connectivity index (χ4v) is 2.25. The van der Waals surface area contributed by atoms with Crippen LogP contribution < -0.4 is 5.32 Å². The Hall–Kier alpha value is -0.770. The van der Waals surface area contributed by atoms with Crippen LogP contribution in [0.2, 0.25) is 0 Å². The SMILES string of the molecule is CN(CCO)C(=O)NCCC1CCCCC1. The lowest BCUT2D eigenvalue weighted by atomic mass is 9.87. The number of nitrogens with zero attached hydrogens (tertiary/aromatic N) is 1. The molecule has 0 unspecified atom stereocenters. The van der Waals surface area contributed by atoms with Crippen molar-refractivity contribution in [2.75, 3.05) is 26.7 Å². The van der Waals surface area contributed by atoms with Crippen molar-refractivity contribution in [3.8, 4) is 0 Å². The summed E-state index contributed by atoms with van der Waals surface area (Å²) >= 11 is 0. The molecule has 1 aliphatic carbocycles. The number of carbonyl (C=O) groups excluding carboxylic acids is 1. The van der Waals surface area contributed by atoms with Gasteiger partial charge in [0, 0.05) is 20.1 Å². The highest BCUT2D eigenvalue weighted by Gasteiger charge is 2.13. The average Bonchev–Trinajstić information content (AvgIpc) is 2.30. The zero-order chi connectivity index (χ0) is 11.8. The molecule has 2 amide bonds. The quantitative estimate of drug-likeness (QED) is 0.751. The van der Waals surface area contributed by atoms with Crippen LogP contribution in [0.25, 0.3) is 0 Å². The normalized spacial score (nSPS) is 17.1. The summed E-state index contributed by atoms with van der Waals surface area (Å²) in [6.45, 7) is 1.18. The van der Waals surface area contributed by atoms with Gasteiger partial charge in [0.15, 0.2) is 0 Å². The predicted octanol–water partition coefficient (Wildman–Crippen LogP) is 1.59. The Labute approximate surface area is 98.0 Å². The minimum absolute atomic E-state index is 0.0204. The summed E-state index contributed by atoms with van der Waals surface area (Å²) in [6, 6.07) is -0.0788. The zero-order valence-electron chi connectivity index (χ0n) is 10.2. The molecule has 2 N–H and O–H groups in total. The molecule has 1 fully saturated rings. The largest absolute Gasteiger partial charge is 0.395 e. The molecule has 0 heterocycles. The van der Waals surface area contributed by atoms with Gasteiger partial charge in [0.05, 0.1) is 6.61 Å². The highest BCUT2D eigenvalue weighted by molar-refractivity contribution is 5.73. The van der Waals surface area contributed by atoms with Gasteiger partial charge in [-0.25, -0.2) is 4.79 Å². The third-order valence-electron chi connectivity index (χ3n) is 3.34. The second kappa shape index (κ2) is 7.49. The lowest BCUT2D eigenvalue weighted by Gasteiger charge is -2.22. The summed E-state index contributed by atoms with van der Waals surface area (Å²) in [5.74, 6) is 0.803. The molecule has 1 saturated carbocycles. The van der Waals surface area contributed by atoms with Crippen LogP contribution in [-0.2, 0) is 0 Å². The summed E-state index contributed by atoms with van der Waals surface area (Å²) in [6.07, 6.45) is 7.82. The summed E-state index contributed by atoms with van der Waals surface area (Å²) < 4.78 is 0. The van der Waals surface area contributed by atoms with Crippen molar-refractivity contribution in [2.45, 2.75) is 38.5 Å². The molecule has 0 aromatic carbocycles. The Morgan fingerprint density at radius 2 is 2.06 bits per heavy atom. The van der Waals surface area contributed by atoms with E-state index in [0.717, 1.165) is 18.9 Å². The maximum atomic E-state index is 11.5. The van der Waals surface area contributed by atoms with Gasteiger partial charge in [-0.15, -0.1) is 0 Å². The minimum atomic E-state index is -0.0788. The molecule has 0 atom stereocenters. The van der Waals surface area contributed by atoms with E-state index in [2.05, 4.69) is 5.32 Å². The number of carbonyl (C=O) groups is 1. The van der Waals surface area contributed by atoms with Crippen LogP contribution in [0.4, 0.5) is 4.79 Å². The fourth-order valence-electron chi connectivity index (χ4n) is 2.25. The van der Waals surface area contributed by atoms with Crippen LogP contribution in [0.5, 0.6) is 0 Å². The minimum Gasteiger partial charge on any atom is -0.395 e. The van der Waals surface area contributed by atoms with Gasteiger partial charge in [0.25, 0.3) is 0 Å². The summed E-state index contributed by atoms with van der Waals surface area (Å²) in [7, 11) is 1.70. The van der Waals surface area contributed by atoms with Gasteiger partial charge in [-0.1, -0.05) is 32.1 Å². The smallest absolute Gasteiger partial charge is 0.317 e. The molecule has 0 bridgehead atoms. The van der Waals surface area contributed by atoms with Gasteiger partial charge in [0.2, 0.25) is 0 Å². The first-order valence-electron chi connectivity index (χ1n) is 6.34. The summed E-state index contributed by atoms with van der Waals surface area (Å²) in [5, 5.41) is 11.6. The van der Waals surface area contributed by atoms with Crippen LogP contribution in [0.15, 0.2) is 0 Å². The third-order valence-corrected chi connectivity index (χ3v) is 3.34. The number of amides is 2. The average molecular weight is 228 g/mol. The number of hydrogen-bond donors (Lipinski definition) is 2. The fraction of sp³-hybridized carbons (Fsp3) is 0.917. The number of hydrogen-bond acceptors (Lipinski definition) is 2. The van der Waals surface area contributed by atoms with E-state index < -0.39 is 0 Å². The van der Waals surface area contributed by atoms with Gasteiger partial charge in [-0.05, 0) is 12.3 Å². The molecule has 16 heavy (non-hydrogen) atoms. The van der Waals surface area contributed by atoms with Crippen molar-refractivity contribution in [2.24, 2.45) is 5.92 Å². The number of rotatable bonds is 5. The highest BCUT2D eigenvalue weighted by Crippen LogP contribution is 2.25. The molecule has 0 radical (unpaired) electrons. The Kier molecular flexibility index (Phi) is 6.23. The van der Waals surface area contributed by atoms with Crippen molar-refractivity contribution in [1.29, 1.82) is 0 Å². The van der Waals surface area contributed by atoms with Crippen LogP contribution in [0, 0.1) is 5.92 Å². The van der Waals surface area contributed by atoms with E-state index in [-0.39, 0.29) is 12.6 Å². The maximum absolute atomic E-state index is 11.5. The molecule has 4 heteroatoms. The summed E-state index contributed by atoms with van der Waals surface area (Å²) in [4.78, 5) is 13.0. The molecule has 0 aromatic rings. The molecule has 0 aromatic heterocycles. The molecule has 0 spiro atoms. The predicted molar refractivity (Wildman–Crippen MR) is 64.3 cm³/mol. The highest BCUT2D eigenvalue weighted by atomic mass is 16.3. The molecule has 0 saturated heterocycles. The number of aliphatic hydroxyl groups excluding tert-OH is 1. The molecule has 4 nitrogen and oxygen atoms in total. The first kappa shape index (κ1) is 13.3. The maximum Gasteiger partial charge on any atom is 0.317 e. The molecular weight excluding hydrogens is 204 g/mol. The molecule has 1 rings (SSSR count). The Morgan fingerprint density at radius 3 is 2.69 bits per heavy atom. The molecule has 0 aliphatic heterocycles. The van der Waals surface area contributed by atoms with E-state index in [9.17, 15) is 4.79 Å². The third kappa shape index (κ3) is 4.84. The number of urea groups is 1. The van der Waals surface area contributed by atoms with Gasteiger partial charge < -0.3 is 15.3 Å². The van der Waals surface area contributed by atoms with E-state index >= 15 is 0 Å². The second-order valence-electron chi connectivity index (χ2n) is 4.67. The van der Waals surface area contributed by atoms with Crippen molar-refractivity contribution >= 4 is 6.03 Å². The lowest BCUT2D eigenvalue weighted by Crippen LogP contribution is -2.39. The first-order valence-corrected chi connectivity index (χ1v) is 6.34. The van der Waals surface area contributed by atoms with Crippen molar-refractivity contribution in [3.05, 3.63) is 0 Å². The van der Waals surface area contributed by atoms with Gasteiger partial charge >= 0.3 is 6.03 Å². The van der Waals surface area contributed by atoms with Crippen LogP contribution in [-0.4, -0.2) is 42.8 Å². The summed E-state index contributed by atoms with van der Waals surface area (Å²) in [5.41, 5.74) is 0. The van der Waals surface area contributed by atoms with Gasteiger partial charge in [0.1, 0.15) is 0 Å². The zero-order valence-corrected chi connectivity index (χ0v) is 10.2. The van der Waals surface area contributed by atoms with E-state index in [0.29, 0.717) is 6.54 Å². The van der Waals surface area contributed by atoms with Gasteiger partial charge in [-0.2, -0.15) is 0 Å². The number of likely N-dealkylation sites (N-methyl/N-ethyl adjacent to an activating group) is 1. The second-order valence-corrected chi connectivity index (χ2v) is 4.67. The van der Waals surface area contributed by atoms with Gasteiger partial charge in [-0.3, -0.25) is 0 Å². The standard InChI is InChI=1S/C12H24N2O2/c1-14(9-10-15)12(16)13-8-7-11-5-3-2-4-6-11/h11,15H,2-10H2,1H3,(H,13,16). The van der Waals surface area contributed by atoms with E-state index in [1.165, 1.54) is 37.0 Å². The Balaban J connectivity index is 2.07. The lowest BCUT2D eigenvalue weighted by molar-refractivity contribution is 0.189. The number of nitrogens with one attached hydrogen (secondary N) is 1.